The first-order chi connectivity index (χ1) is 16.0. The number of aromatic nitrogens is 1. The van der Waals surface area contributed by atoms with Crippen LogP contribution in [0.3, 0.4) is 0 Å². The molecule has 0 aliphatic carbocycles. The summed E-state index contributed by atoms with van der Waals surface area (Å²) in [5, 5.41) is 12.2. The van der Waals surface area contributed by atoms with E-state index in [1.165, 1.54) is 30.5 Å². The monoisotopic (exact) mass is 448 g/mol. The van der Waals surface area contributed by atoms with Crippen LogP contribution in [-0.2, 0) is 25.6 Å². The molecule has 0 unspecified atom stereocenters. The highest BCUT2D eigenvalue weighted by molar-refractivity contribution is 5.96. The Balaban J connectivity index is 1.83. The van der Waals surface area contributed by atoms with Gasteiger partial charge in [0.1, 0.15) is 0 Å². The van der Waals surface area contributed by atoms with E-state index in [-0.39, 0.29) is 17.7 Å². The van der Waals surface area contributed by atoms with Gasteiger partial charge in [-0.3, -0.25) is 9.78 Å². The number of aliphatic carboxylic acids is 1. The molecule has 2 aromatic carbocycles. The number of carbonyl (C=O) groups excluding carboxylic acids is 3. The summed E-state index contributed by atoms with van der Waals surface area (Å²) in [5.74, 6) is -4.55. The molecule has 33 heavy (non-hydrogen) atoms. The molecule has 0 radical (unpaired) electrons. The Morgan fingerprint density at radius 2 is 1.27 bits per heavy atom. The molecule has 0 bridgehead atoms. The molecule has 0 saturated carbocycles. The second kappa shape index (κ2) is 11.2. The lowest BCUT2D eigenvalue weighted by Gasteiger charge is -2.23. The topological polar surface area (TPSA) is 132 Å². The quantitative estimate of drug-likeness (QED) is 0.477. The summed E-state index contributed by atoms with van der Waals surface area (Å²) in [7, 11) is 0. The summed E-state index contributed by atoms with van der Waals surface area (Å²) >= 11 is 0. The van der Waals surface area contributed by atoms with Crippen molar-refractivity contribution in [1.29, 1.82) is 0 Å². The normalized spacial score (nSPS) is 12.1. The first-order valence-electron chi connectivity index (χ1n) is 9.88. The molecule has 1 heterocycles. The van der Waals surface area contributed by atoms with Gasteiger partial charge in [0.2, 0.25) is 12.2 Å². The SMILES string of the molecule is O=C(O[C@@H](C(=O)O)[C@@H](OC(=O)c1ccccc1)C(=O)NCc1ccccn1)c1ccccc1. The Morgan fingerprint density at radius 3 is 1.76 bits per heavy atom. The lowest BCUT2D eigenvalue weighted by molar-refractivity contribution is -0.159. The molecule has 0 saturated heterocycles. The molecule has 3 aromatic rings. The first kappa shape index (κ1) is 23.1. The van der Waals surface area contributed by atoms with Crippen molar-refractivity contribution in [2.75, 3.05) is 0 Å². The van der Waals surface area contributed by atoms with E-state index in [9.17, 15) is 24.3 Å². The average Bonchev–Trinajstić information content (AvgIpc) is 2.86. The Kier molecular flexibility index (Phi) is 7.85. The summed E-state index contributed by atoms with van der Waals surface area (Å²) in [6.45, 7) is -0.0575. The fourth-order valence-electron chi connectivity index (χ4n) is 2.79. The third-order valence-corrected chi connectivity index (χ3v) is 4.43. The lowest BCUT2D eigenvalue weighted by atomic mass is 10.1. The molecule has 9 nitrogen and oxygen atoms in total. The Hall–Kier alpha value is -4.53. The number of esters is 2. The smallest absolute Gasteiger partial charge is 0.349 e. The molecule has 3 rings (SSSR count). The van der Waals surface area contributed by atoms with Crippen molar-refractivity contribution in [2.45, 2.75) is 18.8 Å². The van der Waals surface area contributed by atoms with Crippen molar-refractivity contribution in [3.05, 3.63) is 102 Å². The average molecular weight is 448 g/mol. The minimum atomic E-state index is -2.09. The fraction of sp³-hybridized carbons (Fsp3) is 0.125. The molecule has 9 heteroatoms. The molecular formula is C24H20N2O7. The van der Waals surface area contributed by atoms with Gasteiger partial charge in [-0.25, -0.2) is 14.4 Å². The predicted octanol–water partition coefficient (Wildman–Crippen LogP) is 2.23. The van der Waals surface area contributed by atoms with Gasteiger partial charge in [0.15, 0.2) is 0 Å². The molecule has 168 valence electrons. The van der Waals surface area contributed by atoms with Crippen LogP contribution >= 0.6 is 0 Å². The lowest BCUT2D eigenvalue weighted by Crippen LogP contribution is -2.50. The molecular weight excluding hydrogens is 428 g/mol. The van der Waals surface area contributed by atoms with Crippen LogP contribution in [0.25, 0.3) is 0 Å². The van der Waals surface area contributed by atoms with Crippen LogP contribution in [0.2, 0.25) is 0 Å². The maximum atomic E-state index is 12.9. The van der Waals surface area contributed by atoms with E-state index < -0.39 is 36.0 Å². The van der Waals surface area contributed by atoms with E-state index in [1.54, 1.807) is 54.6 Å². The van der Waals surface area contributed by atoms with Crippen molar-refractivity contribution in [1.82, 2.24) is 10.3 Å². The van der Waals surface area contributed by atoms with Gasteiger partial charge in [-0.05, 0) is 36.4 Å². The number of benzene rings is 2. The van der Waals surface area contributed by atoms with Crippen LogP contribution in [0.4, 0.5) is 0 Å². The number of carbonyl (C=O) groups is 4. The summed E-state index contributed by atoms with van der Waals surface area (Å²) < 4.78 is 10.3. The fourth-order valence-corrected chi connectivity index (χ4v) is 2.79. The number of carboxylic acid groups (broad SMARTS) is 1. The zero-order chi connectivity index (χ0) is 23.6. The van der Waals surface area contributed by atoms with Gasteiger partial charge in [0.05, 0.1) is 23.4 Å². The molecule has 2 atom stereocenters. The summed E-state index contributed by atoms with van der Waals surface area (Å²) in [6.07, 6.45) is -2.52. The maximum Gasteiger partial charge on any atom is 0.349 e. The number of ether oxygens (including phenoxy) is 2. The van der Waals surface area contributed by atoms with Crippen molar-refractivity contribution in [2.24, 2.45) is 0 Å². The van der Waals surface area contributed by atoms with Crippen LogP contribution in [0.5, 0.6) is 0 Å². The predicted molar refractivity (Wildman–Crippen MR) is 115 cm³/mol. The number of pyridine rings is 1. The number of nitrogens with one attached hydrogen (secondary N) is 1. The van der Waals surface area contributed by atoms with E-state index in [0.29, 0.717) is 5.69 Å². The van der Waals surface area contributed by atoms with Crippen LogP contribution in [-0.4, -0.2) is 46.1 Å². The van der Waals surface area contributed by atoms with Gasteiger partial charge >= 0.3 is 17.9 Å². The molecule has 2 N–H and O–H groups in total. The number of carboxylic acids is 1. The number of hydrogen-bond acceptors (Lipinski definition) is 7. The van der Waals surface area contributed by atoms with Crippen LogP contribution < -0.4 is 5.32 Å². The maximum absolute atomic E-state index is 12.9. The standard InChI is InChI=1S/C24H20N2O7/c27-21(26-15-18-13-7-8-14-25-18)19(32-23(30)16-9-3-1-4-10-16)20(22(28)29)33-24(31)17-11-5-2-6-12-17/h1-14,19-20H,15H2,(H,26,27)(H,28,29)/t19-,20-/m1/s1. The van der Waals surface area contributed by atoms with Gasteiger partial charge in [-0.1, -0.05) is 42.5 Å². The van der Waals surface area contributed by atoms with Crippen molar-refractivity contribution >= 4 is 23.8 Å². The molecule has 0 spiro atoms. The van der Waals surface area contributed by atoms with E-state index in [2.05, 4.69) is 10.3 Å². The first-order valence-corrected chi connectivity index (χ1v) is 9.88. The van der Waals surface area contributed by atoms with Gasteiger partial charge in [-0.15, -0.1) is 0 Å². The van der Waals surface area contributed by atoms with Crippen molar-refractivity contribution in [3.63, 3.8) is 0 Å². The molecule has 1 aromatic heterocycles. The van der Waals surface area contributed by atoms with Gasteiger partial charge in [-0.2, -0.15) is 0 Å². The summed E-state index contributed by atoms with van der Waals surface area (Å²) in [6, 6.07) is 20.4. The van der Waals surface area contributed by atoms with E-state index >= 15 is 0 Å². The van der Waals surface area contributed by atoms with E-state index in [0.717, 1.165) is 0 Å². The minimum absolute atomic E-state index is 0.0575. The molecule has 1 amide bonds. The van der Waals surface area contributed by atoms with E-state index in [4.69, 9.17) is 9.47 Å². The summed E-state index contributed by atoms with van der Waals surface area (Å²) in [4.78, 5) is 53.9. The second-order valence-electron chi connectivity index (χ2n) is 6.76. The number of nitrogens with zero attached hydrogens (tertiary/aromatic N) is 1. The highest BCUT2D eigenvalue weighted by Gasteiger charge is 2.40. The van der Waals surface area contributed by atoms with Crippen molar-refractivity contribution in [3.8, 4) is 0 Å². The van der Waals surface area contributed by atoms with Crippen molar-refractivity contribution < 1.29 is 33.8 Å². The van der Waals surface area contributed by atoms with Gasteiger partial charge < -0.3 is 19.9 Å². The van der Waals surface area contributed by atoms with Gasteiger partial charge in [0.25, 0.3) is 5.91 Å². The summed E-state index contributed by atoms with van der Waals surface area (Å²) in [5.41, 5.74) is 0.663. The third-order valence-electron chi connectivity index (χ3n) is 4.43. The Labute approximate surface area is 189 Å². The van der Waals surface area contributed by atoms with Crippen LogP contribution in [0.1, 0.15) is 26.4 Å². The largest absolute Gasteiger partial charge is 0.478 e. The Bertz CT molecular complexity index is 1110. The highest BCUT2D eigenvalue weighted by atomic mass is 16.6. The molecule has 0 fully saturated rings. The third kappa shape index (κ3) is 6.47. The highest BCUT2D eigenvalue weighted by Crippen LogP contribution is 2.14. The zero-order valence-corrected chi connectivity index (χ0v) is 17.3. The minimum Gasteiger partial charge on any atom is -0.478 e. The molecule has 0 aliphatic rings. The van der Waals surface area contributed by atoms with Gasteiger partial charge in [0, 0.05) is 6.20 Å². The number of amides is 1. The number of rotatable bonds is 9. The second-order valence-corrected chi connectivity index (χ2v) is 6.76. The Morgan fingerprint density at radius 1 is 0.758 bits per heavy atom. The number of hydrogen-bond donors (Lipinski definition) is 2. The van der Waals surface area contributed by atoms with E-state index in [1.807, 2.05) is 0 Å². The molecule has 0 aliphatic heterocycles. The zero-order valence-electron chi connectivity index (χ0n) is 17.3. The van der Waals surface area contributed by atoms with Crippen LogP contribution in [0.15, 0.2) is 85.1 Å². The van der Waals surface area contributed by atoms with Crippen LogP contribution in [0, 0.1) is 0 Å².